The second kappa shape index (κ2) is 6.97. The minimum atomic E-state index is -0.996. The van der Waals surface area contributed by atoms with Crippen molar-refractivity contribution < 1.29 is 24.5 Å². The Morgan fingerprint density at radius 2 is 1.90 bits per heavy atom. The SMILES string of the molecule is CCC(CC)(CNC(=O)c1cccc(OC)c1O)C(=O)O. The van der Waals surface area contributed by atoms with Crippen LogP contribution in [0.5, 0.6) is 11.5 Å². The van der Waals surface area contributed by atoms with Crippen LogP contribution in [0, 0.1) is 5.41 Å². The van der Waals surface area contributed by atoms with E-state index < -0.39 is 17.3 Å². The molecular weight excluding hydrogens is 274 g/mol. The van der Waals surface area contributed by atoms with Gasteiger partial charge in [-0.25, -0.2) is 0 Å². The van der Waals surface area contributed by atoms with Crippen molar-refractivity contribution in [2.75, 3.05) is 13.7 Å². The molecule has 116 valence electrons. The zero-order valence-corrected chi connectivity index (χ0v) is 12.5. The van der Waals surface area contributed by atoms with Gasteiger partial charge in [0.1, 0.15) is 0 Å². The topological polar surface area (TPSA) is 95.9 Å². The highest BCUT2D eigenvalue weighted by Gasteiger charge is 2.35. The van der Waals surface area contributed by atoms with Crippen molar-refractivity contribution in [1.82, 2.24) is 5.32 Å². The van der Waals surface area contributed by atoms with Crippen molar-refractivity contribution in [2.24, 2.45) is 5.41 Å². The van der Waals surface area contributed by atoms with Crippen LogP contribution < -0.4 is 10.1 Å². The van der Waals surface area contributed by atoms with E-state index in [-0.39, 0.29) is 23.6 Å². The van der Waals surface area contributed by atoms with Crippen LogP contribution in [0.3, 0.4) is 0 Å². The van der Waals surface area contributed by atoms with Crippen LogP contribution >= 0.6 is 0 Å². The predicted molar refractivity (Wildman–Crippen MR) is 77.6 cm³/mol. The van der Waals surface area contributed by atoms with E-state index in [2.05, 4.69) is 5.32 Å². The van der Waals surface area contributed by atoms with E-state index in [1.807, 2.05) is 0 Å². The Hall–Kier alpha value is -2.24. The number of methoxy groups -OCH3 is 1. The Morgan fingerprint density at radius 1 is 1.29 bits per heavy atom. The number of aliphatic carboxylic acids is 1. The fraction of sp³-hybridized carbons (Fsp3) is 0.467. The average Bonchev–Trinajstić information content (AvgIpc) is 2.48. The van der Waals surface area contributed by atoms with Gasteiger partial charge in [-0.3, -0.25) is 9.59 Å². The molecule has 21 heavy (non-hydrogen) atoms. The number of carbonyl (C=O) groups excluding carboxylic acids is 1. The molecule has 0 aliphatic carbocycles. The molecule has 0 aliphatic rings. The average molecular weight is 295 g/mol. The van der Waals surface area contributed by atoms with Gasteiger partial charge in [-0.1, -0.05) is 19.9 Å². The number of carboxylic acid groups (broad SMARTS) is 1. The Kier molecular flexibility index (Phi) is 5.58. The lowest BCUT2D eigenvalue weighted by molar-refractivity contribution is -0.149. The fourth-order valence-corrected chi connectivity index (χ4v) is 2.09. The van der Waals surface area contributed by atoms with Gasteiger partial charge >= 0.3 is 5.97 Å². The van der Waals surface area contributed by atoms with Crippen molar-refractivity contribution in [2.45, 2.75) is 26.7 Å². The Morgan fingerprint density at radius 3 is 2.38 bits per heavy atom. The molecule has 0 spiro atoms. The number of aromatic hydroxyl groups is 1. The minimum Gasteiger partial charge on any atom is -0.504 e. The summed E-state index contributed by atoms with van der Waals surface area (Å²) >= 11 is 0. The maximum absolute atomic E-state index is 12.1. The molecule has 0 heterocycles. The number of para-hydroxylation sites is 1. The van der Waals surface area contributed by atoms with E-state index in [0.29, 0.717) is 12.8 Å². The number of carbonyl (C=O) groups is 2. The number of benzene rings is 1. The van der Waals surface area contributed by atoms with Gasteiger partial charge in [-0.2, -0.15) is 0 Å². The third kappa shape index (κ3) is 3.45. The van der Waals surface area contributed by atoms with Crippen LogP contribution in [0.15, 0.2) is 18.2 Å². The fourth-order valence-electron chi connectivity index (χ4n) is 2.09. The van der Waals surface area contributed by atoms with E-state index >= 15 is 0 Å². The van der Waals surface area contributed by atoms with Gasteiger partial charge in [-0.15, -0.1) is 0 Å². The molecule has 0 radical (unpaired) electrons. The molecule has 0 aliphatic heterocycles. The molecule has 0 unspecified atom stereocenters. The van der Waals surface area contributed by atoms with Gasteiger partial charge in [0.25, 0.3) is 5.91 Å². The second-order valence-corrected chi connectivity index (χ2v) is 4.83. The number of carboxylic acids is 1. The first-order valence-electron chi connectivity index (χ1n) is 6.79. The first kappa shape index (κ1) is 16.8. The second-order valence-electron chi connectivity index (χ2n) is 4.83. The summed E-state index contributed by atoms with van der Waals surface area (Å²) in [5.41, 5.74) is -0.940. The van der Waals surface area contributed by atoms with Crippen LogP contribution in [0.1, 0.15) is 37.0 Å². The molecule has 0 atom stereocenters. The summed E-state index contributed by atoms with van der Waals surface area (Å²) in [6, 6.07) is 4.57. The molecule has 6 nitrogen and oxygen atoms in total. The van der Waals surface area contributed by atoms with Crippen molar-refractivity contribution in [3.05, 3.63) is 23.8 Å². The summed E-state index contributed by atoms with van der Waals surface area (Å²) in [7, 11) is 1.39. The highest BCUT2D eigenvalue weighted by molar-refractivity contribution is 5.97. The Bertz CT molecular complexity index is 523. The number of hydrogen-bond acceptors (Lipinski definition) is 4. The number of rotatable bonds is 7. The summed E-state index contributed by atoms with van der Waals surface area (Å²) in [6.45, 7) is 3.55. The van der Waals surface area contributed by atoms with Gasteiger partial charge < -0.3 is 20.3 Å². The largest absolute Gasteiger partial charge is 0.504 e. The molecule has 3 N–H and O–H groups in total. The molecule has 0 saturated carbocycles. The summed E-state index contributed by atoms with van der Waals surface area (Å²) in [6.07, 6.45) is 0.812. The van der Waals surface area contributed by atoms with E-state index in [1.165, 1.54) is 19.2 Å². The van der Waals surface area contributed by atoms with Crippen molar-refractivity contribution in [3.8, 4) is 11.5 Å². The summed E-state index contributed by atoms with van der Waals surface area (Å²) in [5.74, 6) is -1.54. The van der Waals surface area contributed by atoms with Gasteiger partial charge in [0, 0.05) is 6.54 Å². The number of ether oxygens (including phenoxy) is 1. The van der Waals surface area contributed by atoms with Gasteiger partial charge in [0.2, 0.25) is 0 Å². The highest BCUT2D eigenvalue weighted by Crippen LogP contribution is 2.30. The minimum absolute atomic E-state index is 0.00478. The van der Waals surface area contributed by atoms with Crippen LogP contribution in [0.25, 0.3) is 0 Å². The first-order valence-corrected chi connectivity index (χ1v) is 6.79. The first-order chi connectivity index (χ1) is 9.91. The highest BCUT2D eigenvalue weighted by atomic mass is 16.5. The lowest BCUT2D eigenvalue weighted by Gasteiger charge is -2.26. The van der Waals surface area contributed by atoms with Gasteiger partial charge in [0.15, 0.2) is 11.5 Å². The van der Waals surface area contributed by atoms with Gasteiger partial charge in [-0.05, 0) is 25.0 Å². The third-order valence-electron chi connectivity index (χ3n) is 3.86. The summed E-state index contributed by atoms with van der Waals surface area (Å²) in [4.78, 5) is 23.5. The third-order valence-corrected chi connectivity index (χ3v) is 3.86. The van der Waals surface area contributed by atoms with Crippen LogP contribution in [0.4, 0.5) is 0 Å². The monoisotopic (exact) mass is 295 g/mol. The van der Waals surface area contributed by atoms with Crippen molar-refractivity contribution in [3.63, 3.8) is 0 Å². The molecule has 6 heteroatoms. The molecular formula is C15H21NO5. The van der Waals surface area contributed by atoms with Crippen molar-refractivity contribution in [1.29, 1.82) is 0 Å². The molecule has 1 aromatic carbocycles. The van der Waals surface area contributed by atoms with E-state index in [4.69, 9.17) is 4.74 Å². The van der Waals surface area contributed by atoms with E-state index in [1.54, 1.807) is 19.9 Å². The predicted octanol–water partition coefficient (Wildman–Crippen LogP) is 2.02. The van der Waals surface area contributed by atoms with E-state index in [0.717, 1.165) is 0 Å². The maximum Gasteiger partial charge on any atom is 0.311 e. The molecule has 0 saturated heterocycles. The smallest absolute Gasteiger partial charge is 0.311 e. The van der Waals surface area contributed by atoms with Crippen LogP contribution in [-0.2, 0) is 4.79 Å². The molecule has 0 fully saturated rings. The van der Waals surface area contributed by atoms with Gasteiger partial charge in [0.05, 0.1) is 18.1 Å². The maximum atomic E-state index is 12.1. The summed E-state index contributed by atoms with van der Waals surface area (Å²) < 4.78 is 4.94. The Balaban J connectivity index is 2.90. The lowest BCUT2D eigenvalue weighted by Crippen LogP contribution is -2.42. The summed E-state index contributed by atoms with van der Waals surface area (Å²) in [5, 5.41) is 21.8. The molecule has 0 aromatic heterocycles. The normalized spacial score (nSPS) is 11.0. The number of hydrogen-bond donors (Lipinski definition) is 3. The standard InChI is InChI=1S/C15H21NO5/c1-4-15(5-2,14(19)20)9-16-13(18)10-7-6-8-11(21-3)12(10)17/h6-8,17H,4-5,9H2,1-3H3,(H,16,18)(H,19,20). The zero-order chi connectivity index (χ0) is 16.0. The van der Waals surface area contributed by atoms with Crippen LogP contribution in [0.2, 0.25) is 0 Å². The molecule has 1 amide bonds. The number of amides is 1. The van der Waals surface area contributed by atoms with Crippen LogP contribution in [-0.4, -0.2) is 35.7 Å². The van der Waals surface area contributed by atoms with E-state index in [9.17, 15) is 19.8 Å². The molecule has 1 rings (SSSR count). The molecule has 1 aromatic rings. The number of phenols is 1. The molecule has 0 bridgehead atoms. The Labute approximate surface area is 123 Å². The number of phenolic OH excluding ortho intramolecular Hbond substituents is 1. The zero-order valence-electron chi connectivity index (χ0n) is 12.5. The van der Waals surface area contributed by atoms with Crippen molar-refractivity contribution >= 4 is 11.9 Å². The quantitative estimate of drug-likeness (QED) is 0.715. The number of nitrogens with one attached hydrogen (secondary N) is 1. The lowest BCUT2D eigenvalue weighted by atomic mass is 9.82.